The van der Waals surface area contributed by atoms with E-state index < -0.39 is 29.7 Å². The summed E-state index contributed by atoms with van der Waals surface area (Å²) in [5, 5.41) is 11.9. The third-order valence-corrected chi connectivity index (χ3v) is 10.6. The number of aryl methyl sites for hydroxylation is 2. The van der Waals surface area contributed by atoms with E-state index in [0.717, 1.165) is 21.6 Å². The normalized spacial score (nSPS) is 15.2. The lowest BCUT2D eigenvalue weighted by atomic mass is 10.00. The Balaban J connectivity index is 0.892. The van der Waals surface area contributed by atoms with Gasteiger partial charge in [-0.25, -0.2) is 9.37 Å². The number of benzene rings is 4. The molecule has 5 N–H and O–H groups in total. The fourth-order valence-electron chi connectivity index (χ4n) is 7.33. The van der Waals surface area contributed by atoms with Gasteiger partial charge in [-0.2, -0.15) is 4.68 Å². The fourth-order valence-corrected chi connectivity index (χ4v) is 7.50. The van der Waals surface area contributed by atoms with Gasteiger partial charge >= 0.3 is 0 Å². The van der Waals surface area contributed by atoms with Crippen LogP contribution in [-0.2, 0) is 33.6 Å². The molecule has 1 unspecified atom stereocenters. The smallest absolute Gasteiger partial charge is 0.277 e. The summed E-state index contributed by atoms with van der Waals surface area (Å²) < 4.78 is 14.9. The molecule has 1 atom stereocenters. The van der Waals surface area contributed by atoms with Crippen molar-refractivity contribution in [2.75, 3.05) is 18.4 Å². The van der Waals surface area contributed by atoms with Gasteiger partial charge in [-0.3, -0.25) is 44.1 Å². The van der Waals surface area contributed by atoms with Gasteiger partial charge in [-0.15, -0.1) is 0 Å². The molecule has 0 saturated carbocycles. The Labute approximate surface area is 334 Å². The number of imidazole rings is 1. The first-order chi connectivity index (χ1) is 28.0. The largest absolute Gasteiger partial charge is 0.383 e. The Morgan fingerprint density at radius 1 is 0.879 bits per heavy atom. The first-order valence-corrected chi connectivity index (χ1v) is 19.1. The van der Waals surface area contributed by atoms with E-state index >= 15 is 0 Å². The Morgan fingerprint density at radius 2 is 1.64 bits per heavy atom. The molecule has 1 saturated heterocycles. The van der Waals surface area contributed by atoms with Crippen molar-refractivity contribution in [3.05, 3.63) is 134 Å². The van der Waals surface area contributed by atoms with Crippen molar-refractivity contribution in [2.45, 2.75) is 44.6 Å². The summed E-state index contributed by atoms with van der Waals surface area (Å²) in [5.41, 5.74) is 5.46. The predicted octanol–water partition coefficient (Wildman–Crippen LogP) is 4.85. The van der Waals surface area contributed by atoms with Crippen LogP contribution < -0.4 is 21.5 Å². The van der Waals surface area contributed by atoms with E-state index in [1.54, 1.807) is 42.5 Å². The SMILES string of the molecule is O=C(CCc1ccc(-c2[nH]n(-c3nc4ccc(Cl)cc4[nH]3)c(=O)c2CCc2ccc(F)cc2)cc1)NCCNc1cccc2c1C(=O)N(C1CCC(=O)NC1=O)C2=O. The van der Waals surface area contributed by atoms with Gasteiger partial charge in [-0.05, 0) is 84.8 Å². The van der Waals surface area contributed by atoms with Gasteiger partial charge in [0.1, 0.15) is 11.9 Å². The molecule has 0 aliphatic carbocycles. The van der Waals surface area contributed by atoms with E-state index in [2.05, 4.69) is 31.0 Å². The average molecular weight is 803 g/mol. The zero-order chi connectivity index (χ0) is 40.5. The molecular weight excluding hydrogens is 767 g/mol. The standard InChI is InChI=1S/C42H36ClFN8O6/c43-26-12-16-30-32(22-26)48-42(47-30)52-40(57)29(15-8-24-6-13-27(44)14-7-24)37(50-52)25-10-4-23(5-11-25)9-18-34(53)46-21-20-45-31-3-1-2-28-36(31)41(58)51(39(28)56)33-17-19-35(54)49-38(33)55/h1-7,10-14,16,22,33,45,50H,8-9,15,17-21H2,(H,46,53)(H,47,48)(H,49,54,55). The highest BCUT2D eigenvalue weighted by Crippen LogP contribution is 2.32. The monoisotopic (exact) mass is 802 g/mol. The highest BCUT2D eigenvalue weighted by molar-refractivity contribution is 6.31. The predicted molar refractivity (Wildman–Crippen MR) is 213 cm³/mol. The van der Waals surface area contributed by atoms with E-state index in [0.29, 0.717) is 58.2 Å². The van der Waals surface area contributed by atoms with E-state index in [9.17, 15) is 33.2 Å². The van der Waals surface area contributed by atoms with Gasteiger partial charge in [-0.1, -0.05) is 54.1 Å². The number of aromatic nitrogens is 4. The molecule has 0 bridgehead atoms. The Hall–Kier alpha value is -6.87. The molecule has 1 fully saturated rings. The molecule has 4 aromatic carbocycles. The van der Waals surface area contributed by atoms with E-state index in [-0.39, 0.29) is 60.8 Å². The molecule has 2 aromatic heterocycles. The highest BCUT2D eigenvalue weighted by Gasteiger charge is 2.45. The van der Waals surface area contributed by atoms with Crippen LogP contribution in [0.2, 0.25) is 5.02 Å². The molecule has 0 spiro atoms. The third-order valence-electron chi connectivity index (χ3n) is 10.3. The summed E-state index contributed by atoms with van der Waals surface area (Å²) in [4.78, 5) is 85.8. The fraction of sp³-hybridized carbons (Fsp3) is 0.214. The van der Waals surface area contributed by atoms with Crippen molar-refractivity contribution in [3.8, 4) is 17.2 Å². The number of fused-ring (bicyclic) bond motifs is 2. The summed E-state index contributed by atoms with van der Waals surface area (Å²) in [7, 11) is 0. The second-order valence-corrected chi connectivity index (χ2v) is 14.5. The van der Waals surface area contributed by atoms with Crippen molar-refractivity contribution in [3.63, 3.8) is 0 Å². The van der Waals surface area contributed by atoms with Crippen LogP contribution in [0.3, 0.4) is 0 Å². The highest BCUT2D eigenvalue weighted by atomic mass is 35.5. The second-order valence-electron chi connectivity index (χ2n) is 14.1. The number of hydrogen-bond donors (Lipinski definition) is 5. The van der Waals surface area contributed by atoms with Crippen LogP contribution in [0.5, 0.6) is 0 Å². The topological polar surface area (TPSA) is 191 Å². The zero-order valence-electron chi connectivity index (χ0n) is 30.9. The lowest BCUT2D eigenvalue weighted by Crippen LogP contribution is -2.54. The molecule has 16 heteroatoms. The number of H-pyrrole nitrogens is 2. The lowest BCUT2D eigenvalue weighted by molar-refractivity contribution is -0.136. The van der Waals surface area contributed by atoms with Crippen LogP contribution >= 0.6 is 11.6 Å². The maximum absolute atomic E-state index is 13.9. The van der Waals surface area contributed by atoms with Gasteiger partial charge in [0.15, 0.2) is 0 Å². The van der Waals surface area contributed by atoms with Crippen molar-refractivity contribution >= 4 is 57.9 Å². The molecule has 4 heterocycles. The minimum absolute atomic E-state index is 0.0285. The number of carbonyl (C=O) groups is 5. The van der Waals surface area contributed by atoms with Gasteiger partial charge < -0.3 is 15.6 Å². The number of hydrogen-bond acceptors (Lipinski definition) is 8. The molecule has 6 aromatic rings. The first kappa shape index (κ1) is 38.0. The quantitative estimate of drug-likeness (QED) is 0.0809. The Bertz CT molecular complexity index is 2670. The van der Waals surface area contributed by atoms with Crippen molar-refractivity contribution in [1.29, 1.82) is 0 Å². The zero-order valence-corrected chi connectivity index (χ0v) is 31.6. The van der Waals surface area contributed by atoms with E-state index in [1.165, 1.54) is 22.9 Å². The van der Waals surface area contributed by atoms with Crippen LogP contribution in [0, 0.1) is 5.82 Å². The van der Waals surface area contributed by atoms with Crippen molar-refractivity contribution < 1.29 is 28.4 Å². The summed E-state index contributed by atoms with van der Waals surface area (Å²) in [6.07, 6.45) is 1.64. The first-order valence-electron chi connectivity index (χ1n) is 18.7. The molecule has 14 nitrogen and oxygen atoms in total. The maximum Gasteiger partial charge on any atom is 0.277 e. The number of carbonyl (C=O) groups excluding carboxylic acids is 5. The minimum atomic E-state index is -1.06. The molecular formula is C42H36ClFN8O6. The average Bonchev–Trinajstić information content (AvgIpc) is 3.86. The number of piperidine rings is 1. The molecule has 294 valence electrons. The van der Waals surface area contributed by atoms with Crippen LogP contribution in [-0.4, -0.2) is 73.3 Å². The van der Waals surface area contributed by atoms with Crippen LogP contribution in [0.15, 0.2) is 89.7 Å². The number of anilines is 1. The number of aromatic amines is 2. The van der Waals surface area contributed by atoms with Crippen LogP contribution in [0.1, 0.15) is 56.7 Å². The van der Waals surface area contributed by atoms with Gasteiger partial charge in [0.05, 0.1) is 27.9 Å². The van der Waals surface area contributed by atoms with Crippen molar-refractivity contribution in [2.24, 2.45) is 0 Å². The lowest BCUT2D eigenvalue weighted by Gasteiger charge is -2.27. The number of halogens is 2. The minimum Gasteiger partial charge on any atom is -0.383 e. The molecule has 0 radical (unpaired) electrons. The summed E-state index contributed by atoms with van der Waals surface area (Å²) in [6, 6.07) is 22.7. The third kappa shape index (κ3) is 7.63. The molecule has 5 amide bonds. The number of rotatable bonds is 13. The maximum atomic E-state index is 13.9. The van der Waals surface area contributed by atoms with Gasteiger partial charge in [0.25, 0.3) is 17.4 Å². The number of nitrogens with one attached hydrogen (secondary N) is 5. The molecule has 8 rings (SSSR count). The summed E-state index contributed by atoms with van der Waals surface area (Å²) in [5.74, 6) is -2.55. The number of nitrogens with zero attached hydrogens (tertiary/aromatic N) is 3. The van der Waals surface area contributed by atoms with Gasteiger partial charge in [0, 0.05) is 42.2 Å². The Kier molecular flexibility index (Phi) is 10.4. The molecule has 2 aliphatic heterocycles. The molecule has 2 aliphatic rings. The summed E-state index contributed by atoms with van der Waals surface area (Å²) >= 11 is 6.17. The van der Waals surface area contributed by atoms with Crippen LogP contribution in [0.4, 0.5) is 10.1 Å². The van der Waals surface area contributed by atoms with Crippen LogP contribution in [0.25, 0.3) is 28.2 Å². The van der Waals surface area contributed by atoms with Crippen molar-refractivity contribution in [1.82, 2.24) is 35.3 Å². The van der Waals surface area contributed by atoms with Gasteiger partial charge in [0.2, 0.25) is 23.7 Å². The van der Waals surface area contributed by atoms with E-state index in [1.807, 2.05) is 24.3 Å². The molecule has 58 heavy (non-hydrogen) atoms. The van der Waals surface area contributed by atoms with E-state index in [4.69, 9.17) is 11.6 Å². The Morgan fingerprint density at radius 3 is 2.41 bits per heavy atom. The second kappa shape index (κ2) is 15.9. The summed E-state index contributed by atoms with van der Waals surface area (Å²) in [6.45, 7) is 0.504. The number of imide groups is 2. The number of amides is 5.